The van der Waals surface area contributed by atoms with Gasteiger partial charge in [-0.2, -0.15) is 0 Å². The third-order valence-electron chi connectivity index (χ3n) is 4.57. The van der Waals surface area contributed by atoms with Crippen molar-refractivity contribution in [2.24, 2.45) is 5.41 Å². The minimum atomic E-state index is 0.0967. The highest BCUT2D eigenvalue weighted by molar-refractivity contribution is 7.09. The van der Waals surface area contributed by atoms with Crippen molar-refractivity contribution in [3.05, 3.63) is 22.4 Å². The second kappa shape index (κ2) is 6.56. The molecule has 2 fully saturated rings. The molecule has 0 bridgehead atoms. The average molecular weight is 323 g/mol. The Labute approximate surface area is 136 Å². The number of amides is 2. The van der Waals surface area contributed by atoms with Crippen molar-refractivity contribution in [1.29, 1.82) is 0 Å². The fourth-order valence-corrected chi connectivity index (χ4v) is 4.22. The fraction of sp³-hybridized carbons (Fsp3) is 0.688. The molecule has 6 heteroatoms. The van der Waals surface area contributed by atoms with Gasteiger partial charge in [0.15, 0.2) is 0 Å². The number of nitrogens with zero attached hydrogens (tertiary/aromatic N) is 3. The highest BCUT2D eigenvalue weighted by Crippen LogP contribution is 2.34. The van der Waals surface area contributed by atoms with Crippen molar-refractivity contribution in [2.75, 3.05) is 53.5 Å². The molecule has 1 aromatic heterocycles. The molecule has 0 N–H and O–H groups in total. The molecule has 22 heavy (non-hydrogen) atoms. The lowest BCUT2D eigenvalue weighted by molar-refractivity contribution is 0.0712. The number of hydrogen-bond acceptors (Lipinski definition) is 4. The molecule has 3 heterocycles. The van der Waals surface area contributed by atoms with Gasteiger partial charge < -0.3 is 14.5 Å². The highest BCUT2D eigenvalue weighted by Gasteiger charge is 2.42. The van der Waals surface area contributed by atoms with E-state index in [4.69, 9.17) is 4.74 Å². The number of rotatable bonds is 2. The molecule has 2 aliphatic heterocycles. The summed E-state index contributed by atoms with van der Waals surface area (Å²) in [6.07, 6.45) is 1.11. The van der Waals surface area contributed by atoms with E-state index in [9.17, 15) is 4.79 Å². The summed E-state index contributed by atoms with van der Waals surface area (Å²) >= 11 is 1.81. The molecule has 2 amide bonds. The molecule has 0 saturated carbocycles. The van der Waals surface area contributed by atoms with Crippen LogP contribution in [-0.4, -0.2) is 74.2 Å². The number of ether oxygens (including phenoxy) is 1. The summed E-state index contributed by atoms with van der Waals surface area (Å²) in [7, 11) is 3.64. The Morgan fingerprint density at radius 1 is 1.41 bits per heavy atom. The molecule has 2 saturated heterocycles. The number of hydrogen-bond donors (Lipinski definition) is 0. The molecule has 0 aliphatic carbocycles. The van der Waals surface area contributed by atoms with Crippen LogP contribution in [0.25, 0.3) is 0 Å². The summed E-state index contributed by atoms with van der Waals surface area (Å²) in [6.45, 7) is 6.04. The van der Waals surface area contributed by atoms with Gasteiger partial charge in [0.05, 0.1) is 13.2 Å². The maximum absolute atomic E-state index is 12.3. The van der Waals surface area contributed by atoms with Crippen molar-refractivity contribution >= 4 is 17.4 Å². The van der Waals surface area contributed by atoms with E-state index in [2.05, 4.69) is 22.4 Å². The van der Waals surface area contributed by atoms with Crippen LogP contribution in [0.2, 0.25) is 0 Å². The number of urea groups is 1. The van der Waals surface area contributed by atoms with E-state index in [0.717, 1.165) is 39.2 Å². The van der Waals surface area contributed by atoms with Gasteiger partial charge in [-0.05, 0) is 24.4 Å². The predicted octanol–water partition coefficient (Wildman–Crippen LogP) is 1.95. The quantitative estimate of drug-likeness (QED) is 0.835. The lowest BCUT2D eigenvalue weighted by Gasteiger charge is -2.33. The first-order valence-corrected chi connectivity index (χ1v) is 8.75. The van der Waals surface area contributed by atoms with Crippen molar-refractivity contribution in [3.8, 4) is 0 Å². The summed E-state index contributed by atoms with van der Waals surface area (Å²) < 4.78 is 5.84. The number of carbonyl (C=O) groups excluding carboxylic acids is 1. The lowest BCUT2D eigenvalue weighted by Crippen LogP contribution is -2.46. The van der Waals surface area contributed by atoms with Crippen molar-refractivity contribution in [1.82, 2.24) is 14.7 Å². The molecule has 122 valence electrons. The zero-order chi connectivity index (χ0) is 15.6. The Morgan fingerprint density at radius 3 is 3.00 bits per heavy atom. The standard InChI is InChI=1S/C16H25N3O2S/c1-17(2)15(20)19-7-8-21-13-16(12-19)5-6-18(11-16)10-14-4-3-9-22-14/h3-4,9H,5-8,10-13H2,1-2H3/t16-/m1/s1. The smallest absolute Gasteiger partial charge is 0.319 e. The summed E-state index contributed by atoms with van der Waals surface area (Å²) in [4.78, 5) is 19.8. The second-order valence-corrected chi connectivity index (χ2v) is 7.72. The molecule has 0 aromatic carbocycles. The van der Waals surface area contributed by atoms with Crippen LogP contribution in [0, 0.1) is 5.41 Å². The number of thiophene rings is 1. The Hall–Kier alpha value is -1.11. The van der Waals surface area contributed by atoms with Crippen LogP contribution in [0.5, 0.6) is 0 Å². The van der Waals surface area contributed by atoms with E-state index < -0.39 is 0 Å². The maximum Gasteiger partial charge on any atom is 0.319 e. The second-order valence-electron chi connectivity index (χ2n) is 6.69. The average Bonchev–Trinajstić information content (AvgIpc) is 3.07. The van der Waals surface area contributed by atoms with Crippen LogP contribution in [0.1, 0.15) is 11.3 Å². The zero-order valence-electron chi connectivity index (χ0n) is 13.5. The van der Waals surface area contributed by atoms with E-state index in [-0.39, 0.29) is 11.4 Å². The van der Waals surface area contributed by atoms with E-state index in [1.54, 1.807) is 4.90 Å². The number of likely N-dealkylation sites (tertiary alicyclic amines) is 1. The Bertz CT molecular complexity index is 505. The fourth-order valence-electron chi connectivity index (χ4n) is 3.47. The van der Waals surface area contributed by atoms with Crippen LogP contribution in [-0.2, 0) is 11.3 Å². The van der Waals surface area contributed by atoms with Crippen LogP contribution in [0.4, 0.5) is 4.79 Å². The third kappa shape index (κ3) is 3.45. The number of carbonyl (C=O) groups is 1. The van der Waals surface area contributed by atoms with Crippen molar-refractivity contribution in [2.45, 2.75) is 13.0 Å². The lowest BCUT2D eigenvalue weighted by atomic mass is 9.87. The Balaban J connectivity index is 1.65. The molecule has 0 radical (unpaired) electrons. The summed E-state index contributed by atoms with van der Waals surface area (Å²) in [5.41, 5.74) is 0.0967. The van der Waals surface area contributed by atoms with Gasteiger partial charge >= 0.3 is 6.03 Å². The first-order chi connectivity index (χ1) is 10.6. The topological polar surface area (TPSA) is 36.0 Å². The Kier molecular flexibility index (Phi) is 4.70. The predicted molar refractivity (Wildman–Crippen MR) is 88.1 cm³/mol. The van der Waals surface area contributed by atoms with Gasteiger partial charge in [0.25, 0.3) is 0 Å². The molecule has 2 aliphatic rings. The van der Waals surface area contributed by atoms with E-state index in [1.807, 2.05) is 30.3 Å². The SMILES string of the molecule is CN(C)C(=O)N1CCOC[C@@]2(CCN(Cc3cccs3)C2)C1. The third-order valence-corrected chi connectivity index (χ3v) is 5.43. The molecule has 5 nitrogen and oxygen atoms in total. The minimum absolute atomic E-state index is 0.0967. The first kappa shape index (κ1) is 15.8. The normalized spacial score (nSPS) is 26.4. The van der Waals surface area contributed by atoms with Crippen LogP contribution < -0.4 is 0 Å². The first-order valence-electron chi connectivity index (χ1n) is 7.87. The molecular formula is C16H25N3O2S. The molecule has 0 unspecified atom stereocenters. The van der Waals surface area contributed by atoms with Gasteiger partial charge in [0.2, 0.25) is 0 Å². The molecule has 1 atom stereocenters. The summed E-state index contributed by atoms with van der Waals surface area (Å²) in [6, 6.07) is 4.40. The largest absolute Gasteiger partial charge is 0.379 e. The van der Waals surface area contributed by atoms with Crippen molar-refractivity contribution < 1.29 is 9.53 Å². The van der Waals surface area contributed by atoms with E-state index in [1.165, 1.54) is 4.88 Å². The highest BCUT2D eigenvalue weighted by atomic mass is 32.1. The van der Waals surface area contributed by atoms with Crippen LogP contribution in [0.3, 0.4) is 0 Å². The van der Waals surface area contributed by atoms with Gasteiger partial charge in [0, 0.05) is 50.6 Å². The van der Waals surface area contributed by atoms with E-state index in [0.29, 0.717) is 13.2 Å². The molecular weight excluding hydrogens is 298 g/mol. The molecule has 1 spiro atoms. The minimum Gasteiger partial charge on any atom is -0.379 e. The zero-order valence-corrected chi connectivity index (χ0v) is 14.3. The van der Waals surface area contributed by atoms with Gasteiger partial charge in [0.1, 0.15) is 0 Å². The van der Waals surface area contributed by atoms with Gasteiger partial charge in [-0.15, -0.1) is 11.3 Å². The monoisotopic (exact) mass is 323 g/mol. The molecule has 1 aromatic rings. The Morgan fingerprint density at radius 2 is 2.27 bits per heavy atom. The van der Waals surface area contributed by atoms with Crippen LogP contribution in [0.15, 0.2) is 17.5 Å². The molecule has 3 rings (SSSR count). The van der Waals surface area contributed by atoms with E-state index >= 15 is 0 Å². The van der Waals surface area contributed by atoms with Crippen molar-refractivity contribution in [3.63, 3.8) is 0 Å². The van der Waals surface area contributed by atoms with Crippen LogP contribution >= 0.6 is 11.3 Å². The van der Waals surface area contributed by atoms with Gasteiger partial charge in [-0.25, -0.2) is 4.79 Å². The summed E-state index contributed by atoms with van der Waals surface area (Å²) in [5, 5.41) is 2.13. The van der Waals surface area contributed by atoms with Gasteiger partial charge in [-0.3, -0.25) is 4.90 Å². The summed E-state index contributed by atoms with van der Waals surface area (Å²) in [5.74, 6) is 0. The van der Waals surface area contributed by atoms with Gasteiger partial charge in [-0.1, -0.05) is 6.07 Å². The maximum atomic E-state index is 12.3.